The zero-order valence-corrected chi connectivity index (χ0v) is 13.5. The summed E-state index contributed by atoms with van der Waals surface area (Å²) in [6, 6.07) is 9.29. The van der Waals surface area contributed by atoms with Crippen LogP contribution in [0.25, 0.3) is 10.4 Å². The molecule has 1 aliphatic rings. The summed E-state index contributed by atoms with van der Waals surface area (Å²) in [5.74, 6) is -0.590. The van der Waals surface area contributed by atoms with E-state index >= 15 is 0 Å². The van der Waals surface area contributed by atoms with Crippen molar-refractivity contribution in [3.8, 4) is 0 Å². The zero-order valence-electron chi connectivity index (χ0n) is 13.5. The van der Waals surface area contributed by atoms with E-state index in [2.05, 4.69) is 10.0 Å². The number of benzene rings is 1. The van der Waals surface area contributed by atoms with Crippen LogP contribution >= 0.6 is 0 Å². The number of ether oxygens (including phenoxy) is 3. The highest BCUT2D eigenvalue weighted by atomic mass is 16.7. The number of carbonyl (C=O) groups is 1. The molecule has 1 fully saturated rings. The fraction of sp³-hybridized carbons (Fsp3) is 0.562. The maximum absolute atomic E-state index is 11.3. The number of hydrogen-bond donors (Lipinski definition) is 0. The first-order valence-electron chi connectivity index (χ1n) is 7.55. The minimum absolute atomic E-state index is 0.150. The molecule has 0 spiro atoms. The molecule has 124 valence electrons. The number of nitrogens with zero attached hydrogens (tertiary/aromatic N) is 3. The van der Waals surface area contributed by atoms with Crippen LogP contribution in [-0.2, 0) is 25.6 Å². The normalized spacial score (nSPS) is 30.3. The van der Waals surface area contributed by atoms with Crippen molar-refractivity contribution in [3.63, 3.8) is 0 Å². The molecular formula is C16H21N3O4. The lowest BCUT2D eigenvalue weighted by Crippen LogP contribution is -2.53. The Bertz CT molecular complexity index is 572. The average molecular weight is 319 g/mol. The predicted molar refractivity (Wildman–Crippen MR) is 83.2 cm³/mol. The molecule has 2 rings (SSSR count). The second kappa shape index (κ2) is 7.97. The second-order valence-electron chi connectivity index (χ2n) is 5.63. The van der Waals surface area contributed by atoms with E-state index in [0.29, 0.717) is 6.61 Å². The standard InChI is InChI=1S/C16H21N3O4/c1-10-14(18-19-17)11(2)22-16(23-12(3)20)15(10)21-9-13-7-5-4-6-8-13/h4-8,10-11,14-16H,9H2,1-3H3/t10-,11?,14-,15?,16+/m0/s1. The van der Waals surface area contributed by atoms with Crippen molar-refractivity contribution in [1.29, 1.82) is 0 Å². The highest BCUT2D eigenvalue weighted by molar-refractivity contribution is 5.66. The highest BCUT2D eigenvalue weighted by Gasteiger charge is 2.44. The minimum Gasteiger partial charge on any atom is -0.433 e. The van der Waals surface area contributed by atoms with Gasteiger partial charge < -0.3 is 14.2 Å². The SMILES string of the molecule is CC(=O)O[C@H]1OC(C)[C@@H](N=[N+]=[N-])[C@H](C)C1OCc1ccccc1. The van der Waals surface area contributed by atoms with Crippen molar-refractivity contribution < 1.29 is 19.0 Å². The Labute approximate surface area is 135 Å². The van der Waals surface area contributed by atoms with E-state index in [-0.39, 0.29) is 18.1 Å². The summed E-state index contributed by atoms with van der Waals surface area (Å²) in [6.07, 6.45) is -1.68. The summed E-state index contributed by atoms with van der Waals surface area (Å²) in [5.41, 5.74) is 9.74. The van der Waals surface area contributed by atoms with E-state index in [1.54, 1.807) is 6.92 Å². The Morgan fingerprint density at radius 3 is 2.65 bits per heavy atom. The number of azide groups is 1. The van der Waals surface area contributed by atoms with Gasteiger partial charge in [-0.3, -0.25) is 4.79 Å². The molecule has 1 saturated heterocycles. The van der Waals surface area contributed by atoms with Gasteiger partial charge in [-0.15, -0.1) is 0 Å². The smallest absolute Gasteiger partial charge is 0.305 e. The lowest BCUT2D eigenvalue weighted by molar-refractivity contribution is -0.260. The van der Waals surface area contributed by atoms with Crippen LogP contribution in [0, 0.1) is 5.92 Å². The van der Waals surface area contributed by atoms with Gasteiger partial charge in [-0.2, -0.15) is 0 Å². The summed E-state index contributed by atoms with van der Waals surface area (Å²) in [7, 11) is 0. The molecule has 1 aromatic rings. The molecule has 0 aliphatic carbocycles. The van der Waals surface area contributed by atoms with Crippen LogP contribution in [0.5, 0.6) is 0 Å². The van der Waals surface area contributed by atoms with Gasteiger partial charge in [-0.1, -0.05) is 42.4 Å². The third kappa shape index (κ3) is 4.45. The molecule has 0 N–H and O–H groups in total. The number of esters is 1. The van der Waals surface area contributed by atoms with Crippen molar-refractivity contribution in [2.24, 2.45) is 11.0 Å². The van der Waals surface area contributed by atoms with Crippen molar-refractivity contribution in [2.45, 2.75) is 51.9 Å². The third-order valence-electron chi connectivity index (χ3n) is 3.91. The summed E-state index contributed by atoms with van der Waals surface area (Å²) in [4.78, 5) is 14.2. The minimum atomic E-state index is -0.814. The van der Waals surface area contributed by atoms with Gasteiger partial charge in [0.2, 0.25) is 6.29 Å². The molecule has 23 heavy (non-hydrogen) atoms. The maximum Gasteiger partial charge on any atom is 0.305 e. The largest absolute Gasteiger partial charge is 0.433 e. The number of hydrogen-bond acceptors (Lipinski definition) is 5. The van der Waals surface area contributed by atoms with Gasteiger partial charge in [0, 0.05) is 11.8 Å². The number of carbonyl (C=O) groups excluding carboxylic acids is 1. The first-order valence-corrected chi connectivity index (χ1v) is 7.55. The molecule has 7 nitrogen and oxygen atoms in total. The Morgan fingerprint density at radius 2 is 2.04 bits per heavy atom. The molecule has 2 unspecified atom stereocenters. The van der Waals surface area contributed by atoms with Crippen molar-refractivity contribution in [1.82, 2.24) is 0 Å². The molecule has 5 atom stereocenters. The Morgan fingerprint density at radius 1 is 1.35 bits per heavy atom. The molecule has 0 aromatic heterocycles. The van der Waals surface area contributed by atoms with Crippen LogP contribution in [0.2, 0.25) is 0 Å². The topological polar surface area (TPSA) is 93.5 Å². The second-order valence-corrected chi connectivity index (χ2v) is 5.63. The summed E-state index contributed by atoms with van der Waals surface area (Å²) in [6.45, 7) is 5.38. The zero-order chi connectivity index (χ0) is 16.8. The van der Waals surface area contributed by atoms with Gasteiger partial charge >= 0.3 is 5.97 Å². The molecule has 0 saturated carbocycles. The van der Waals surface area contributed by atoms with Crippen LogP contribution in [0.1, 0.15) is 26.3 Å². The molecule has 0 radical (unpaired) electrons. The van der Waals surface area contributed by atoms with Gasteiger partial charge in [0.05, 0.1) is 18.8 Å². The van der Waals surface area contributed by atoms with Crippen LogP contribution in [0.4, 0.5) is 0 Å². The number of rotatable bonds is 5. The van der Waals surface area contributed by atoms with E-state index in [0.717, 1.165) is 5.56 Å². The maximum atomic E-state index is 11.3. The van der Waals surface area contributed by atoms with E-state index in [4.69, 9.17) is 19.7 Å². The quantitative estimate of drug-likeness (QED) is 0.360. The van der Waals surface area contributed by atoms with E-state index in [9.17, 15) is 4.79 Å². The van der Waals surface area contributed by atoms with Gasteiger partial charge in [-0.05, 0) is 23.9 Å². The van der Waals surface area contributed by atoms with E-state index in [1.807, 2.05) is 37.3 Å². The Balaban J connectivity index is 2.14. The Kier molecular flexibility index (Phi) is 5.98. The Hall–Kier alpha value is -2.08. The fourth-order valence-electron chi connectivity index (χ4n) is 2.75. The van der Waals surface area contributed by atoms with Gasteiger partial charge in [0.15, 0.2) is 0 Å². The molecule has 7 heteroatoms. The average Bonchev–Trinajstić information content (AvgIpc) is 2.51. The van der Waals surface area contributed by atoms with Crippen molar-refractivity contribution in [3.05, 3.63) is 46.3 Å². The first-order chi connectivity index (χ1) is 11.0. The van der Waals surface area contributed by atoms with Crippen LogP contribution < -0.4 is 0 Å². The van der Waals surface area contributed by atoms with Crippen LogP contribution in [-0.4, -0.2) is 30.5 Å². The predicted octanol–water partition coefficient (Wildman–Crippen LogP) is 3.19. The summed E-state index contributed by atoms with van der Waals surface area (Å²) in [5, 5.41) is 3.80. The highest BCUT2D eigenvalue weighted by Crippen LogP contribution is 2.31. The van der Waals surface area contributed by atoms with Gasteiger partial charge in [0.25, 0.3) is 0 Å². The fourth-order valence-corrected chi connectivity index (χ4v) is 2.75. The van der Waals surface area contributed by atoms with Gasteiger partial charge in [-0.25, -0.2) is 0 Å². The van der Waals surface area contributed by atoms with Crippen LogP contribution in [0.15, 0.2) is 35.4 Å². The third-order valence-corrected chi connectivity index (χ3v) is 3.91. The monoisotopic (exact) mass is 319 g/mol. The van der Waals surface area contributed by atoms with Gasteiger partial charge in [0.1, 0.15) is 6.10 Å². The molecule has 1 aliphatic heterocycles. The van der Waals surface area contributed by atoms with Crippen molar-refractivity contribution >= 4 is 5.97 Å². The summed E-state index contributed by atoms with van der Waals surface area (Å²) >= 11 is 0. The molecule has 1 heterocycles. The summed E-state index contributed by atoms with van der Waals surface area (Å²) < 4.78 is 16.9. The van der Waals surface area contributed by atoms with E-state index < -0.39 is 18.4 Å². The molecule has 1 aromatic carbocycles. The van der Waals surface area contributed by atoms with E-state index in [1.165, 1.54) is 6.92 Å². The molecule has 0 bridgehead atoms. The molecule has 0 amide bonds. The van der Waals surface area contributed by atoms with Crippen molar-refractivity contribution in [2.75, 3.05) is 0 Å². The lowest BCUT2D eigenvalue weighted by Gasteiger charge is -2.42. The molecular weight excluding hydrogens is 298 g/mol. The first kappa shape index (κ1) is 17.3. The lowest BCUT2D eigenvalue weighted by atomic mass is 9.89. The van der Waals surface area contributed by atoms with Crippen LogP contribution in [0.3, 0.4) is 0 Å².